The number of aliphatic imine (C=N–C) groups is 1. The van der Waals surface area contributed by atoms with Crippen molar-refractivity contribution in [1.82, 2.24) is 9.88 Å². The molecule has 0 N–H and O–H groups in total. The molecule has 0 amide bonds. The van der Waals surface area contributed by atoms with Gasteiger partial charge < -0.3 is 14.5 Å². The van der Waals surface area contributed by atoms with E-state index < -0.39 is 0 Å². The third-order valence-corrected chi connectivity index (χ3v) is 7.34. The molecule has 0 saturated carbocycles. The fourth-order valence-electron chi connectivity index (χ4n) is 4.65. The number of nitrogens with zero attached hydrogens (tertiary/aromatic N) is 5. The molecule has 8 nitrogen and oxygen atoms in total. The van der Waals surface area contributed by atoms with Gasteiger partial charge in [-0.05, 0) is 30.2 Å². The lowest BCUT2D eigenvalue weighted by atomic mass is 9.94. The molecule has 5 rings (SSSR count). The molecule has 9 heteroatoms. The van der Waals surface area contributed by atoms with Crippen molar-refractivity contribution in [3.05, 3.63) is 64.0 Å². The smallest absolute Gasteiger partial charge is 0.292 e. The molecule has 0 radical (unpaired) electrons. The summed E-state index contributed by atoms with van der Waals surface area (Å²) in [5.41, 5.74) is 2.62. The fraction of sp³-hybridized carbons (Fsp3) is 0.455. The van der Waals surface area contributed by atoms with Crippen LogP contribution in [0.3, 0.4) is 0 Å². The maximum Gasteiger partial charge on any atom is 0.292 e. The summed E-state index contributed by atoms with van der Waals surface area (Å²) in [6.45, 7) is 4.68. The van der Waals surface area contributed by atoms with Crippen molar-refractivity contribution in [3.8, 4) is 0 Å². The van der Waals surface area contributed by atoms with E-state index in [9.17, 15) is 10.1 Å². The average Bonchev–Trinajstić information content (AvgIpc) is 3.39. The number of anilines is 1. The first kappa shape index (κ1) is 20.3. The van der Waals surface area contributed by atoms with Crippen molar-refractivity contribution < 1.29 is 9.66 Å². The normalized spacial score (nSPS) is 25.5. The topological polar surface area (TPSA) is 84.1 Å². The molecule has 4 heterocycles. The number of benzene rings is 1. The van der Waals surface area contributed by atoms with E-state index in [1.54, 1.807) is 24.0 Å². The highest BCUT2D eigenvalue weighted by molar-refractivity contribution is 8.14. The minimum Gasteiger partial charge on any atom is -0.378 e. The Hall–Kier alpha value is -2.65. The number of ether oxygens (including phenoxy) is 1. The van der Waals surface area contributed by atoms with Gasteiger partial charge in [0, 0.05) is 37.1 Å². The zero-order valence-electron chi connectivity index (χ0n) is 17.4. The molecule has 1 aromatic carbocycles. The van der Waals surface area contributed by atoms with Crippen LogP contribution in [0.2, 0.25) is 0 Å². The largest absolute Gasteiger partial charge is 0.378 e. The highest BCUT2D eigenvalue weighted by Crippen LogP contribution is 2.49. The van der Waals surface area contributed by atoms with Crippen LogP contribution in [0.1, 0.15) is 36.7 Å². The molecule has 0 aliphatic carbocycles. The third-order valence-electron chi connectivity index (χ3n) is 6.22. The lowest BCUT2D eigenvalue weighted by molar-refractivity contribution is -0.384. The van der Waals surface area contributed by atoms with Crippen molar-refractivity contribution in [3.63, 3.8) is 0 Å². The highest BCUT2D eigenvalue weighted by atomic mass is 32.2. The zero-order chi connectivity index (χ0) is 21.4. The average molecular weight is 440 g/mol. The number of thioether (sulfide) groups is 1. The number of aromatic nitrogens is 1. The van der Waals surface area contributed by atoms with E-state index in [-0.39, 0.29) is 22.7 Å². The number of nitro groups is 1. The summed E-state index contributed by atoms with van der Waals surface area (Å²) in [7, 11) is 0. The van der Waals surface area contributed by atoms with Crippen LogP contribution in [0.15, 0.2) is 47.6 Å². The summed E-state index contributed by atoms with van der Waals surface area (Å²) in [5, 5.41) is 13.0. The monoisotopic (exact) mass is 439 g/mol. The SMILES string of the molecule is CC[C@@H]1CSC2=N[C@@H](c3ccccn3)[C@@H](c3ccc(N4CCOCC4)c([N+](=O)[O-])c3)N21. The second kappa shape index (κ2) is 8.47. The second-order valence-corrected chi connectivity index (χ2v) is 8.93. The first-order valence-corrected chi connectivity index (χ1v) is 11.7. The van der Waals surface area contributed by atoms with E-state index in [4.69, 9.17) is 9.73 Å². The van der Waals surface area contributed by atoms with Gasteiger partial charge in [-0.25, -0.2) is 0 Å². The van der Waals surface area contributed by atoms with Crippen LogP contribution < -0.4 is 4.90 Å². The predicted molar refractivity (Wildman–Crippen MR) is 122 cm³/mol. The molecule has 31 heavy (non-hydrogen) atoms. The molecule has 2 aromatic rings. The molecule has 162 valence electrons. The fourth-order valence-corrected chi connectivity index (χ4v) is 5.99. The number of hydrogen-bond acceptors (Lipinski definition) is 8. The van der Waals surface area contributed by atoms with Crippen molar-refractivity contribution in [1.29, 1.82) is 0 Å². The summed E-state index contributed by atoms with van der Waals surface area (Å²) >= 11 is 1.77. The van der Waals surface area contributed by atoms with Gasteiger partial charge >= 0.3 is 0 Å². The number of pyridine rings is 1. The molecule has 3 aliphatic rings. The van der Waals surface area contributed by atoms with Gasteiger partial charge in [-0.2, -0.15) is 0 Å². The molecule has 0 unspecified atom stereocenters. The van der Waals surface area contributed by atoms with Crippen molar-refractivity contribution in [2.75, 3.05) is 37.0 Å². The van der Waals surface area contributed by atoms with Gasteiger partial charge in [0.15, 0.2) is 5.17 Å². The highest BCUT2D eigenvalue weighted by Gasteiger charge is 2.46. The van der Waals surface area contributed by atoms with Crippen LogP contribution in [-0.4, -0.2) is 58.1 Å². The number of amidine groups is 1. The van der Waals surface area contributed by atoms with E-state index in [2.05, 4.69) is 16.8 Å². The molecular formula is C22H25N5O3S. The molecule has 2 fully saturated rings. The van der Waals surface area contributed by atoms with Crippen LogP contribution >= 0.6 is 11.8 Å². The Kier molecular flexibility index (Phi) is 5.54. The van der Waals surface area contributed by atoms with Crippen LogP contribution in [0.4, 0.5) is 11.4 Å². The lowest BCUT2D eigenvalue weighted by Gasteiger charge is -2.32. The van der Waals surface area contributed by atoms with Crippen LogP contribution in [0.25, 0.3) is 0 Å². The number of hydrogen-bond donors (Lipinski definition) is 0. The summed E-state index contributed by atoms with van der Waals surface area (Å²) in [6.07, 6.45) is 2.79. The molecule has 1 aromatic heterocycles. The Labute approximate surface area is 185 Å². The maximum atomic E-state index is 12.0. The first-order chi connectivity index (χ1) is 15.2. The Morgan fingerprint density at radius 2 is 2.10 bits per heavy atom. The summed E-state index contributed by atoms with van der Waals surface area (Å²) in [5.74, 6) is 0.995. The summed E-state index contributed by atoms with van der Waals surface area (Å²) in [4.78, 5) is 25.7. The van der Waals surface area contributed by atoms with Crippen molar-refractivity contribution in [2.45, 2.75) is 31.5 Å². The van der Waals surface area contributed by atoms with E-state index in [1.807, 2.05) is 35.2 Å². The molecule has 0 spiro atoms. The maximum absolute atomic E-state index is 12.0. The molecule has 3 atom stereocenters. The number of fused-ring (bicyclic) bond motifs is 1. The number of rotatable bonds is 5. The van der Waals surface area contributed by atoms with Gasteiger partial charge in [0.1, 0.15) is 11.7 Å². The Balaban J connectivity index is 1.57. The van der Waals surface area contributed by atoms with Gasteiger partial charge in [0.05, 0.1) is 29.9 Å². The van der Waals surface area contributed by atoms with E-state index in [1.165, 1.54) is 0 Å². The summed E-state index contributed by atoms with van der Waals surface area (Å²) < 4.78 is 5.42. The van der Waals surface area contributed by atoms with Crippen molar-refractivity contribution >= 4 is 28.3 Å². The number of nitro benzene ring substituents is 1. The second-order valence-electron chi connectivity index (χ2n) is 7.94. The van der Waals surface area contributed by atoms with E-state index >= 15 is 0 Å². The Bertz CT molecular complexity index is 996. The van der Waals surface area contributed by atoms with Gasteiger partial charge in [-0.1, -0.05) is 30.8 Å². The zero-order valence-corrected chi connectivity index (χ0v) is 18.2. The molecule has 2 saturated heterocycles. The first-order valence-electron chi connectivity index (χ1n) is 10.7. The third kappa shape index (κ3) is 3.65. The molecule has 3 aliphatic heterocycles. The quantitative estimate of drug-likeness (QED) is 0.517. The Morgan fingerprint density at radius 3 is 2.81 bits per heavy atom. The van der Waals surface area contributed by atoms with Crippen LogP contribution in [-0.2, 0) is 4.74 Å². The van der Waals surface area contributed by atoms with Gasteiger partial charge in [-0.3, -0.25) is 20.1 Å². The van der Waals surface area contributed by atoms with Crippen molar-refractivity contribution in [2.24, 2.45) is 4.99 Å². The van der Waals surface area contributed by atoms with Crippen LogP contribution in [0, 0.1) is 10.1 Å². The van der Waals surface area contributed by atoms with Gasteiger partial charge in [-0.15, -0.1) is 0 Å². The molecule has 0 bridgehead atoms. The standard InChI is InChI=1S/C22H25N5O3S/c1-2-16-14-31-22-24-20(17-5-3-4-8-23-17)21(26(16)22)15-6-7-18(19(13-15)27(28)29)25-9-11-30-12-10-25/h3-8,13,16,20-21H,2,9-12,14H2,1H3/t16-,20+,21-/m1/s1. The van der Waals surface area contributed by atoms with Gasteiger partial charge in [0.2, 0.25) is 0 Å². The number of morpholine rings is 1. The van der Waals surface area contributed by atoms with E-state index in [0.717, 1.165) is 28.6 Å². The van der Waals surface area contributed by atoms with E-state index in [0.29, 0.717) is 38.0 Å². The lowest BCUT2D eigenvalue weighted by Crippen LogP contribution is -2.37. The Morgan fingerprint density at radius 1 is 1.26 bits per heavy atom. The minimum absolute atomic E-state index is 0.0951. The molecular weight excluding hydrogens is 414 g/mol. The summed E-state index contributed by atoms with van der Waals surface area (Å²) in [6, 6.07) is 11.6. The predicted octanol–water partition coefficient (Wildman–Crippen LogP) is 3.81. The minimum atomic E-state index is -0.267. The van der Waals surface area contributed by atoms with Gasteiger partial charge in [0.25, 0.3) is 5.69 Å². The van der Waals surface area contributed by atoms with Crippen LogP contribution in [0.5, 0.6) is 0 Å².